The molecule has 0 amide bonds. The van der Waals surface area contributed by atoms with Crippen LogP contribution in [0.3, 0.4) is 0 Å². The summed E-state index contributed by atoms with van der Waals surface area (Å²) >= 11 is 3.14. The van der Waals surface area contributed by atoms with E-state index in [1.807, 2.05) is 17.5 Å². The molecule has 0 spiro atoms. The maximum absolute atomic E-state index is 11.3. The molecule has 0 bridgehead atoms. The molecule has 6 heteroatoms. The molecular formula is C13H10O4S2. The van der Waals surface area contributed by atoms with Gasteiger partial charge in [0.25, 0.3) is 0 Å². The largest absolute Gasteiger partial charge is 0.463 e. The fourth-order valence-corrected chi connectivity index (χ4v) is 3.88. The third kappa shape index (κ3) is 2.18. The van der Waals surface area contributed by atoms with Crippen LogP contribution in [0.25, 0.3) is 9.40 Å². The van der Waals surface area contributed by atoms with Gasteiger partial charge in [-0.05, 0) is 29.6 Å². The van der Waals surface area contributed by atoms with Crippen molar-refractivity contribution >= 4 is 38.0 Å². The van der Waals surface area contributed by atoms with Gasteiger partial charge >= 0.3 is 5.97 Å². The predicted octanol–water partition coefficient (Wildman–Crippen LogP) is 3.42. The van der Waals surface area contributed by atoms with Crippen LogP contribution in [0.1, 0.15) is 27.3 Å². The Morgan fingerprint density at radius 2 is 2.21 bits per heavy atom. The molecule has 0 aliphatic rings. The van der Waals surface area contributed by atoms with Crippen molar-refractivity contribution in [2.24, 2.45) is 0 Å². The van der Waals surface area contributed by atoms with Crippen LogP contribution < -0.4 is 0 Å². The number of hydrogen-bond donors (Lipinski definition) is 1. The number of carbonyl (C=O) groups excluding carboxylic acids is 1. The SMILES string of the molecule is COC(=O)c1ccc(C(O)c2cc3sccc3s2)o1. The lowest BCUT2D eigenvalue weighted by molar-refractivity contribution is 0.0558. The minimum Gasteiger partial charge on any atom is -0.463 e. The van der Waals surface area contributed by atoms with Gasteiger partial charge in [0.2, 0.25) is 5.76 Å². The summed E-state index contributed by atoms with van der Waals surface area (Å²) in [5.74, 6) is -0.116. The molecule has 3 aromatic rings. The van der Waals surface area contributed by atoms with E-state index < -0.39 is 12.1 Å². The highest BCUT2D eigenvalue weighted by atomic mass is 32.1. The Labute approximate surface area is 116 Å². The van der Waals surface area contributed by atoms with E-state index in [2.05, 4.69) is 4.74 Å². The van der Waals surface area contributed by atoms with Gasteiger partial charge in [0, 0.05) is 14.3 Å². The smallest absolute Gasteiger partial charge is 0.373 e. The van der Waals surface area contributed by atoms with Gasteiger partial charge in [-0.1, -0.05) is 0 Å². The molecule has 0 saturated heterocycles. The summed E-state index contributed by atoms with van der Waals surface area (Å²) in [6.45, 7) is 0. The molecule has 4 nitrogen and oxygen atoms in total. The van der Waals surface area contributed by atoms with Gasteiger partial charge in [-0.2, -0.15) is 0 Å². The quantitative estimate of drug-likeness (QED) is 0.752. The van der Waals surface area contributed by atoms with Crippen LogP contribution in [0.2, 0.25) is 0 Å². The third-order valence-corrected chi connectivity index (χ3v) is 4.86. The Balaban J connectivity index is 1.90. The maximum Gasteiger partial charge on any atom is 0.373 e. The molecule has 3 aromatic heterocycles. The molecule has 0 aliphatic carbocycles. The zero-order valence-electron chi connectivity index (χ0n) is 9.95. The normalized spacial score (nSPS) is 12.7. The number of ether oxygens (including phenoxy) is 1. The second-order valence-electron chi connectivity index (χ2n) is 3.89. The number of aliphatic hydroxyl groups excluding tert-OH is 1. The van der Waals surface area contributed by atoms with E-state index in [4.69, 9.17) is 4.42 Å². The van der Waals surface area contributed by atoms with Crippen molar-refractivity contribution in [3.63, 3.8) is 0 Å². The Morgan fingerprint density at radius 3 is 2.95 bits per heavy atom. The summed E-state index contributed by atoms with van der Waals surface area (Å²) < 4.78 is 12.1. The van der Waals surface area contributed by atoms with Gasteiger partial charge in [-0.3, -0.25) is 0 Å². The van der Waals surface area contributed by atoms with Crippen LogP contribution in [0, 0.1) is 0 Å². The van der Waals surface area contributed by atoms with E-state index in [-0.39, 0.29) is 5.76 Å². The Morgan fingerprint density at radius 1 is 1.37 bits per heavy atom. The van der Waals surface area contributed by atoms with Crippen molar-refractivity contribution in [1.82, 2.24) is 0 Å². The van der Waals surface area contributed by atoms with E-state index in [1.54, 1.807) is 17.4 Å². The van der Waals surface area contributed by atoms with Crippen molar-refractivity contribution in [2.75, 3.05) is 7.11 Å². The summed E-state index contributed by atoms with van der Waals surface area (Å²) in [5.41, 5.74) is 0. The highest BCUT2D eigenvalue weighted by Crippen LogP contribution is 2.36. The number of rotatable bonds is 3. The summed E-state index contributed by atoms with van der Waals surface area (Å²) in [6.07, 6.45) is -0.858. The van der Waals surface area contributed by atoms with Gasteiger partial charge in [-0.15, -0.1) is 22.7 Å². The molecule has 1 atom stereocenters. The highest BCUT2D eigenvalue weighted by Gasteiger charge is 2.20. The van der Waals surface area contributed by atoms with E-state index in [0.717, 1.165) is 14.3 Å². The molecule has 3 rings (SSSR count). The first-order valence-electron chi connectivity index (χ1n) is 5.52. The van der Waals surface area contributed by atoms with Gasteiger partial charge in [0.1, 0.15) is 11.9 Å². The van der Waals surface area contributed by atoms with Gasteiger partial charge in [-0.25, -0.2) is 4.79 Å². The molecule has 1 unspecified atom stereocenters. The number of furan rings is 1. The number of methoxy groups -OCH3 is 1. The Hall–Kier alpha value is -1.63. The number of aliphatic hydroxyl groups is 1. The van der Waals surface area contributed by atoms with Crippen molar-refractivity contribution in [2.45, 2.75) is 6.10 Å². The van der Waals surface area contributed by atoms with Crippen molar-refractivity contribution in [3.05, 3.63) is 46.0 Å². The van der Waals surface area contributed by atoms with Crippen molar-refractivity contribution < 1.29 is 19.1 Å². The first-order valence-corrected chi connectivity index (χ1v) is 7.21. The van der Waals surface area contributed by atoms with Gasteiger partial charge < -0.3 is 14.3 Å². The molecular weight excluding hydrogens is 284 g/mol. The van der Waals surface area contributed by atoms with Crippen LogP contribution in [-0.2, 0) is 4.74 Å². The van der Waals surface area contributed by atoms with Crippen LogP contribution in [-0.4, -0.2) is 18.2 Å². The highest BCUT2D eigenvalue weighted by molar-refractivity contribution is 7.26. The monoisotopic (exact) mass is 294 g/mol. The molecule has 0 radical (unpaired) electrons. The standard InChI is InChI=1S/C13H10O4S2/c1-16-13(15)8-3-2-7(17-8)12(14)11-6-10-9(19-11)4-5-18-10/h2-6,12,14H,1H3. The number of fused-ring (bicyclic) bond motifs is 1. The lowest BCUT2D eigenvalue weighted by Crippen LogP contribution is -1.99. The number of hydrogen-bond acceptors (Lipinski definition) is 6. The number of esters is 1. The topological polar surface area (TPSA) is 59.7 Å². The molecule has 0 aliphatic heterocycles. The van der Waals surface area contributed by atoms with Crippen molar-refractivity contribution in [1.29, 1.82) is 0 Å². The fourth-order valence-electron chi connectivity index (χ4n) is 1.77. The molecule has 19 heavy (non-hydrogen) atoms. The van der Waals surface area contributed by atoms with E-state index in [1.165, 1.54) is 24.5 Å². The third-order valence-electron chi connectivity index (χ3n) is 2.71. The van der Waals surface area contributed by atoms with E-state index in [9.17, 15) is 9.90 Å². The first kappa shape index (κ1) is 12.4. The summed E-state index contributed by atoms with van der Waals surface area (Å²) in [7, 11) is 1.29. The predicted molar refractivity (Wildman–Crippen MR) is 73.8 cm³/mol. The average Bonchev–Trinajstić information content (AvgIpc) is 3.10. The summed E-state index contributed by atoms with van der Waals surface area (Å²) in [6, 6.07) is 7.05. The Kier molecular flexibility index (Phi) is 3.14. The average molecular weight is 294 g/mol. The Bertz CT molecular complexity index is 693. The number of carbonyl (C=O) groups is 1. The lowest BCUT2D eigenvalue weighted by atomic mass is 10.2. The van der Waals surface area contributed by atoms with Gasteiger partial charge in [0.05, 0.1) is 7.11 Å². The van der Waals surface area contributed by atoms with E-state index in [0.29, 0.717) is 5.76 Å². The second-order valence-corrected chi connectivity index (χ2v) is 5.96. The molecule has 1 N–H and O–H groups in total. The van der Waals surface area contributed by atoms with Gasteiger partial charge in [0.15, 0.2) is 0 Å². The van der Waals surface area contributed by atoms with Crippen LogP contribution >= 0.6 is 22.7 Å². The van der Waals surface area contributed by atoms with Crippen molar-refractivity contribution in [3.8, 4) is 0 Å². The zero-order chi connectivity index (χ0) is 13.4. The molecule has 0 fully saturated rings. The molecule has 0 aromatic carbocycles. The zero-order valence-corrected chi connectivity index (χ0v) is 11.6. The second kappa shape index (κ2) is 4.80. The minimum atomic E-state index is -0.858. The fraction of sp³-hybridized carbons (Fsp3) is 0.154. The number of thiophene rings is 2. The van der Waals surface area contributed by atoms with Crippen LogP contribution in [0.4, 0.5) is 0 Å². The van der Waals surface area contributed by atoms with Crippen LogP contribution in [0.15, 0.2) is 34.1 Å². The molecule has 3 heterocycles. The lowest BCUT2D eigenvalue weighted by Gasteiger charge is -2.04. The minimum absolute atomic E-state index is 0.0925. The summed E-state index contributed by atoms with van der Waals surface area (Å²) in [5, 5.41) is 12.3. The van der Waals surface area contributed by atoms with E-state index >= 15 is 0 Å². The maximum atomic E-state index is 11.3. The summed E-state index contributed by atoms with van der Waals surface area (Å²) in [4.78, 5) is 12.1. The first-order chi connectivity index (χ1) is 9.19. The van der Waals surface area contributed by atoms with Crippen LogP contribution in [0.5, 0.6) is 0 Å². The molecule has 0 saturated carbocycles. The molecule has 98 valence electrons.